The van der Waals surface area contributed by atoms with Crippen molar-refractivity contribution >= 4 is 16.7 Å². The number of hydrogen-bond acceptors (Lipinski definition) is 4. The van der Waals surface area contributed by atoms with Crippen LogP contribution in [0.5, 0.6) is 0 Å². The molecule has 1 aromatic heterocycles. The Kier molecular flexibility index (Phi) is 3.47. The Morgan fingerprint density at radius 1 is 1.05 bits per heavy atom. The molecule has 2 aromatic rings. The Labute approximate surface area is 125 Å². The molecule has 0 amide bonds. The van der Waals surface area contributed by atoms with Gasteiger partial charge in [-0.2, -0.15) is 0 Å². The second kappa shape index (κ2) is 5.60. The van der Waals surface area contributed by atoms with Crippen molar-refractivity contribution in [2.75, 3.05) is 24.5 Å². The molecule has 0 spiro atoms. The van der Waals surface area contributed by atoms with Gasteiger partial charge in [-0.15, -0.1) is 0 Å². The zero-order valence-corrected chi connectivity index (χ0v) is 12.3. The second-order valence-corrected chi connectivity index (χ2v) is 6.29. The van der Waals surface area contributed by atoms with E-state index in [4.69, 9.17) is 0 Å². The second-order valence-electron chi connectivity index (χ2n) is 6.29. The summed E-state index contributed by atoms with van der Waals surface area (Å²) in [7, 11) is 0. The van der Waals surface area contributed by atoms with E-state index in [0.717, 1.165) is 36.9 Å². The fourth-order valence-electron chi connectivity index (χ4n) is 3.36. The van der Waals surface area contributed by atoms with Crippen LogP contribution in [-0.2, 0) is 0 Å². The zero-order chi connectivity index (χ0) is 14.1. The molecule has 1 N–H and O–H groups in total. The average molecular weight is 282 g/mol. The number of nitrogens with one attached hydrogen (secondary N) is 1. The van der Waals surface area contributed by atoms with Crippen LogP contribution < -0.4 is 10.2 Å². The Bertz CT molecular complexity index is 612. The monoisotopic (exact) mass is 282 g/mol. The summed E-state index contributed by atoms with van der Waals surface area (Å²) in [6.07, 6.45) is 6.90. The molecule has 1 aliphatic carbocycles. The van der Waals surface area contributed by atoms with Crippen molar-refractivity contribution in [3.8, 4) is 0 Å². The van der Waals surface area contributed by atoms with Gasteiger partial charge in [-0.25, -0.2) is 9.97 Å². The van der Waals surface area contributed by atoms with E-state index >= 15 is 0 Å². The van der Waals surface area contributed by atoms with E-state index in [2.05, 4.69) is 38.4 Å². The number of hydrogen-bond donors (Lipinski definition) is 1. The summed E-state index contributed by atoms with van der Waals surface area (Å²) in [4.78, 5) is 11.6. The number of aromatic nitrogens is 2. The molecule has 1 aromatic carbocycles. The van der Waals surface area contributed by atoms with Crippen LogP contribution in [0, 0.1) is 5.92 Å². The molecule has 2 fully saturated rings. The molecule has 1 saturated heterocycles. The van der Waals surface area contributed by atoms with Crippen LogP contribution in [0.2, 0.25) is 0 Å². The summed E-state index contributed by atoms with van der Waals surface area (Å²) in [6.45, 7) is 3.47. The smallest absolute Gasteiger partial charge is 0.140 e. The van der Waals surface area contributed by atoms with Gasteiger partial charge in [-0.1, -0.05) is 12.1 Å². The highest BCUT2D eigenvalue weighted by molar-refractivity contribution is 5.89. The first-order chi connectivity index (χ1) is 10.4. The molecule has 110 valence electrons. The number of nitrogens with zero attached hydrogens (tertiary/aromatic N) is 3. The van der Waals surface area contributed by atoms with Gasteiger partial charge in [0.1, 0.15) is 12.1 Å². The van der Waals surface area contributed by atoms with Crippen LogP contribution in [0.15, 0.2) is 30.6 Å². The van der Waals surface area contributed by atoms with Crippen molar-refractivity contribution in [2.24, 2.45) is 5.92 Å². The van der Waals surface area contributed by atoms with E-state index < -0.39 is 0 Å². The number of fused-ring (bicyclic) bond motifs is 1. The quantitative estimate of drug-likeness (QED) is 0.936. The molecule has 21 heavy (non-hydrogen) atoms. The average Bonchev–Trinajstić information content (AvgIpc) is 3.38. The summed E-state index contributed by atoms with van der Waals surface area (Å²) in [5, 5.41) is 4.65. The highest BCUT2D eigenvalue weighted by Crippen LogP contribution is 2.35. The molecule has 0 unspecified atom stereocenters. The van der Waals surface area contributed by atoms with Gasteiger partial charge in [0.15, 0.2) is 0 Å². The number of rotatable bonds is 4. The predicted molar refractivity (Wildman–Crippen MR) is 85.5 cm³/mol. The van der Waals surface area contributed by atoms with Gasteiger partial charge in [-0.05, 0) is 56.8 Å². The van der Waals surface area contributed by atoms with E-state index in [1.807, 2.05) is 6.07 Å². The molecule has 4 nitrogen and oxygen atoms in total. The topological polar surface area (TPSA) is 41.0 Å². The summed E-state index contributed by atoms with van der Waals surface area (Å²) < 4.78 is 0. The van der Waals surface area contributed by atoms with Crippen molar-refractivity contribution in [3.63, 3.8) is 0 Å². The maximum Gasteiger partial charge on any atom is 0.140 e. The molecular formula is C17H22N4. The van der Waals surface area contributed by atoms with E-state index in [1.54, 1.807) is 6.33 Å². The normalized spacial score (nSPS) is 19.8. The lowest BCUT2D eigenvalue weighted by Gasteiger charge is -2.31. The molecule has 1 aliphatic heterocycles. The highest BCUT2D eigenvalue weighted by atomic mass is 15.2. The first kappa shape index (κ1) is 13.0. The molecule has 0 bridgehead atoms. The van der Waals surface area contributed by atoms with E-state index in [-0.39, 0.29) is 0 Å². The fourth-order valence-corrected chi connectivity index (χ4v) is 3.36. The molecular weight excluding hydrogens is 260 g/mol. The fraction of sp³-hybridized carbons (Fsp3) is 0.529. The maximum absolute atomic E-state index is 4.63. The number of piperidine rings is 1. The summed E-state index contributed by atoms with van der Waals surface area (Å²) >= 11 is 0. The van der Waals surface area contributed by atoms with Crippen LogP contribution in [-0.4, -0.2) is 35.6 Å². The maximum atomic E-state index is 4.63. The van der Waals surface area contributed by atoms with Crippen LogP contribution in [0.4, 0.5) is 5.82 Å². The van der Waals surface area contributed by atoms with Gasteiger partial charge < -0.3 is 10.2 Å². The van der Waals surface area contributed by atoms with E-state index in [0.29, 0.717) is 6.04 Å². The lowest BCUT2D eigenvalue weighted by Crippen LogP contribution is -2.37. The van der Waals surface area contributed by atoms with Gasteiger partial charge in [0.2, 0.25) is 0 Å². The third-order valence-corrected chi connectivity index (χ3v) is 4.70. The van der Waals surface area contributed by atoms with Crippen molar-refractivity contribution in [2.45, 2.75) is 31.7 Å². The lowest BCUT2D eigenvalue weighted by molar-refractivity contribution is 0.372. The van der Waals surface area contributed by atoms with Crippen LogP contribution >= 0.6 is 0 Å². The number of benzene rings is 1. The number of para-hydroxylation sites is 1. The van der Waals surface area contributed by atoms with Crippen molar-refractivity contribution < 1.29 is 0 Å². The molecule has 2 aliphatic rings. The first-order valence-electron chi connectivity index (χ1n) is 8.09. The van der Waals surface area contributed by atoms with Gasteiger partial charge in [0, 0.05) is 18.0 Å². The third-order valence-electron chi connectivity index (χ3n) is 4.70. The summed E-state index contributed by atoms with van der Waals surface area (Å²) in [6, 6.07) is 9.06. The summed E-state index contributed by atoms with van der Waals surface area (Å²) in [5.41, 5.74) is 1.05. The molecule has 4 rings (SSSR count). The standard InChI is InChI=1S/C17H22N4/c1-2-4-16-15(3-1)17(20-12-19-16)21(14-5-6-14)11-13-7-9-18-10-8-13/h1-4,12-14,18H,5-11H2. The number of anilines is 1. The van der Waals surface area contributed by atoms with E-state index in [9.17, 15) is 0 Å². The minimum atomic E-state index is 0.693. The minimum Gasteiger partial charge on any atom is -0.353 e. The van der Waals surface area contributed by atoms with Crippen LogP contribution in [0.25, 0.3) is 10.9 Å². The van der Waals surface area contributed by atoms with Crippen molar-refractivity contribution in [1.82, 2.24) is 15.3 Å². The zero-order valence-electron chi connectivity index (χ0n) is 12.3. The van der Waals surface area contributed by atoms with Gasteiger partial charge in [0.05, 0.1) is 5.52 Å². The Morgan fingerprint density at radius 3 is 2.67 bits per heavy atom. The Morgan fingerprint density at radius 2 is 1.86 bits per heavy atom. The lowest BCUT2D eigenvalue weighted by atomic mass is 9.97. The van der Waals surface area contributed by atoms with Crippen molar-refractivity contribution in [1.29, 1.82) is 0 Å². The molecule has 0 radical (unpaired) electrons. The van der Waals surface area contributed by atoms with Crippen LogP contribution in [0.3, 0.4) is 0 Å². The predicted octanol–water partition coefficient (Wildman–Crippen LogP) is 2.60. The SMILES string of the molecule is c1ccc2c(N(CC3CCNCC3)C3CC3)ncnc2c1. The molecule has 1 saturated carbocycles. The minimum absolute atomic E-state index is 0.693. The molecule has 0 atom stereocenters. The highest BCUT2D eigenvalue weighted by Gasteiger charge is 2.32. The van der Waals surface area contributed by atoms with Crippen LogP contribution in [0.1, 0.15) is 25.7 Å². The Balaban J connectivity index is 1.65. The van der Waals surface area contributed by atoms with E-state index in [1.165, 1.54) is 31.1 Å². The largest absolute Gasteiger partial charge is 0.353 e. The van der Waals surface area contributed by atoms with Gasteiger partial charge in [0.25, 0.3) is 0 Å². The molecule has 2 heterocycles. The van der Waals surface area contributed by atoms with Crippen molar-refractivity contribution in [3.05, 3.63) is 30.6 Å². The summed E-state index contributed by atoms with van der Waals surface area (Å²) in [5.74, 6) is 1.93. The molecule has 4 heteroatoms. The Hall–Kier alpha value is -1.68. The van der Waals surface area contributed by atoms with Gasteiger partial charge in [-0.3, -0.25) is 0 Å². The first-order valence-corrected chi connectivity index (χ1v) is 8.09. The van der Waals surface area contributed by atoms with Gasteiger partial charge >= 0.3 is 0 Å². The third kappa shape index (κ3) is 2.72.